The number of carboxylic acid groups (broad SMARTS) is 1. The van der Waals surface area contributed by atoms with Crippen LogP contribution < -0.4 is 0 Å². The van der Waals surface area contributed by atoms with Crippen molar-refractivity contribution in [1.29, 1.82) is 0 Å². The molecule has 5 heteroatoms. The van der Waals surface area contributed by atoms with Gasteiger partial charge in [0.15, 0.2) is 0 Å². The lowest BCUT2D eigenvalue weighted by molar-refractivity contribution is -0.138. The van der Waals surface area contributed by atoms with Crippen LogP contribution >= 0.6 is 0 Å². The molecule has 0 aliphatic rings. The minimum Gasteiger partial charge on any atom is -0.481 e. The van der Waals surface area contributed by atoms with Gasteiger partial charge >= 0.3 is 5.97 Å². The molecule has 1 aromatic rings. The van der Waals surface area contributed by atoms with E-state index >= 15 is 0 Å². The van der Waals surface area contributed by atoms with Gasteiger partial charge in [0.25, 0.3) is 5.91 Å². The largest absolute Gasteiger partial charge is 0.481 e. The number of pyridine rings is 1. The first kappa shape index (κ1) is 13.2. The predicted octanol–water partition coefficient (Wildman–Crippen LogP) is 1.41. The van der Waals surface area contributed by atoms with E-state index in [-0.39, 0.29) is 18.4 Å². The van der Waals surface area contributed by atoms with Crippen molar-refractivity contribution in [2.75, 3.05) is 6.54 Å². The van der Waals surface area contributed by atoms with Gasteiger partial charge < -0.3 is 10.0 Å². The Morgan fingerprint density at radius 3 is 2.47 bits per heavy atom. The van der Waals surface area contributed by atoms with E-state index in [4.69, 9.17) is 5.11 Å². The summed E-state index contributed by atoms with van der Waals surface area (Å²) in [6, 6.07) is 2.93. The van der Waals surface area contributed by atoms with E-state index in [1.807, 2.05) is 6.92 Å². The Hall–Kier alpha value is -1.91. The van der Waals surface area contributed by atoms with Crippen molar-refractivity contribution in [3.63, 3.8) is 0 Å². The molecule has 0 aliphatic heterocycles. The SMILES string of the molecule is CCN(C(=O)c1ccncc1)C(C)CC(=O)O. The summed E-state index contributed by atoms with van der Waals surface area (Å²) in [7, 11) is 0. The summed E-state index contributed by atoms with van der Waals surface area (Å²) >= 11 is 0. The number of hydrogen-bond donors (Lipinski definition) is 1. The van der Waals surface area contributed by atoms with Crippen LogP contribution in [0.15, 0.2) is 24.5 Å². The molecule has 1 amide bonds. The molecule has 1 N–H and O–H groups in total. The van der Waals surface area contributed by atoms with Gasteiger partial charge in [-0.05, 0) is 26.0 Å². The van der Waals surface area contributed by atoms with Crippen molar-refractivity contribution in [2.24, 2.45) is 0 Å². The van der Waals surface area contributed by atoms with Gasteiger partial charge in [-0.25, -0.2) is 0 Å². The highest BCUT2D eigenvalue weighted by Crippen LogP contribution is 2.10. The Balaban J connectivity index is 2.81. The lowest BCUT2D eigenvalue weighted by Crippen LogP contribution is -2.39. The topological polar surface area (TPSA) is 70.5 Å². The van der Waals surface area contributed by atoms with Crippen LogP contribution in [0.4, 0.5) is 0 Å². The lowest BCUT2D eigenvalue weighted by Gasteiger charge is -2.27. The summed E-state index contributed by atoms with van der Waals surface area (Å²) in [5.41, 5.74) is 0.527. The number of carboxylic acids is 1. The number of aliphatic carboxylic acids is 1. The van der Waals surface area contributed by atoms with Crippen molar-refractivity contribution < 1.29 is 14.7 Å². The van der Waals surface area contributed by atoms with E-state index in [1.165, 1.54) is 0 Å². The van der Waals surface area contributed by atoms with E-state index in [2.05, 4.69) is 4.98 Å². The molecule has 0 bridgehead atoms. The van der Waals surface area contributed by atoms with Crippen LogP contribution in [-0.4, -0.2) is 39.5 Å². The summed E-state index contributed by atoms with van der Waals surface area (Å²) in [6.45, 7) is 4.05. The molecule has 1 aromatic heterocycles. The summed E-state index contributed by atoms with van der Waals surface area (Å²) in [5, 5.41) is 8.73. The number of nitrogens with zero attached hydrogens (tertiary/aromatic N) is 2. The molecule has 1 heterocycles. The molecular weight excluding hydrogens is 220 g/mol. The molecule has 17 heavy (non-hydrogen) atoms. The predicted molar refractivity (Wildman–Crippen MR) is 62.7 cm³/mol. The third kappa shape index (κ3) is 3.55. The lowest BCUT2D eigenvalue weighted by atomic mass is 10.1. The maximum atomic E-state index is 12.1. The Kier molecular flexibility index (Phi) is 4.63. The van der Waals surface area contributed by atoms with Crippen LogP contribution in [0.5, 0.6) is 0 Å². The highest BCUT2D eigenvalue weighted by molar-refractivity contribution is 5.94. The molecule has 92 valence electrons. The summed E-state index contributed by atoms with van der Waals surface area (Å²) in [6.07, 6.45) is 3.04. The average Bonchev–Trinajstić information content (AvgIpc) is 2.30. The zero-order valence-electron chi connectivity index (χ0n) is 9.96. The zero-order chi connectivity index (χ0) is 12.8. The van der Waals surface area contributed by atoms with Crippen LogP contribution in [0.25, 0.3) is 0 Å². The molecule has 1 rings (SSSR count). The van der Waals surface area contributed by atoms with Gasteiger partial charge in [-0.3, -0.25) is 14.6 Å². The molecule has 0 aliphatic carbocycles. The third-order valence-electron chi connectivity index (χ3n) is 2.53. The van der Waals surface area contributed by atoms with Crippen molar-refractivity contribution in [2.45, 2.75) is 26.3 Å². The van der Waals surface area contributed by atoms with Gasteiger partial charge in [-0.15, -0.1) is 0 Å². The maximum Gasteiger partial charge on any atom is 0.305 e. The molecule has 0 saturated carbocycles. The molecule has 0 saturated heterocycles. The van der Waals surface area contributed by atoms with Crippen LogP contribution in [0.2, 0.25) is 0 Å². The first-order valence-corrected chi connectivity index (χ1v) is 5.49. The van der Waals surface area contributed by atoms with Crippen LogP contribution in [0.3, 0.4) is 0 Å². The summed E-state index contributed by atoms with van der Waals surface area (Å²) < 4.78 is 0. The van der Waals surface area contributed by atoms with Gasteiger partial charge in [0.05, 0.1) is 6.42 Å². The number of amides is 1. The molecular formula is C12H16N2O3. The first-order chi connectivity index (χ1) is 8.06. The number of carbonyl (C=O) groups is 2. The van der Waals surface area contributed by atoms with E-state index in [9.17, 15) is 9.59 Å². The fourth-order valence-electron chi connectivity index (χ4n) is 1.68. The van der Waals surface area contributed by atoms with Gasteiger partial charge in [0.2, 0.25) is 0 Å². The van der Waals surface area contributed by atoms with E-state index in [0.29, 0.717) is 12.1 Å². The first-order valence-electron chi connectivity index (χ1n) is 5.49. The second kappa shape index (κ2) is 5.98. The number of hydrogen-bond acceptors (Lipinski definition) is 3. The Morgan fingerprint density at radius 1 is 1.41 bits per heavy atom. The molecule has 5 nitrogen and oxygen atoms in total. The number of carbonyl (C=O) groups excluding carboxylic acids is 1. The summed E-state index contributed by atoms with van der Waals surface area (Å²) in [4.78, 5) is 28.1. The minimum atomic E-state index is -0.904. The molecule has 0 fully saturated rings. The highest BCUT2D eigenvalue weighted by Gasteiger charge is 2.21. The van der Waals surface area contributed by atoms with Gasteiger partial charge in [-0.1, -0.05) is 0 Å². The second-order valence-corrected chi connectivity index (χ2v) is 3.77. The fraction of sp³-hybridized carbons (Fsp3) is 0.417. The van der Waals surface area contributed by atoms with Crippen LogP contribution in [-0.2, 0) is 4.79 Å². The zero-order valence-corrected chi connectivity index (χ0v) is 9.96. The van der Waals surface area contributed by atoms with Crippen molar-refractivity contribution in [3.8, 4) is 0 Å². The van der Waals surface area contributed by atoms with Crippen LogP contribution in [0, 0.1) is 0 Å². The van der Waals surface area contributed by atoms with Gasteiger partial charge in [0, 0.05) is 30.5 Å². The minimum absolute atomic E-state index is 0.0509. The average molecular weight is 236 g/mol. The fourth-order valence-corrected chi connectivity index (χ4v) is 1.68. The van der Waals surface area contributed by atoms with Crippen LogP contribution in [0.1, 0.15) is 30.6 Å². The van der Waals surface area contributed by atoms with E-state index in [1.54, 1.807) is 36.4 Å². The van der Waals surface area contributed by atoms with Crippen molar-refractivity contribution in [1.82, 2.24) is 9.88 Å². The highest BCUT2D eigenvalue weighted by atomic mass is 16.4. The number of rotatable bonds is 5. The monoisotopic (exact) mass is 236 g/mol. The summed E-state index contributed by atoms with van der Waals surface area (Å²) in [5.74, 6) is -1.07. The van der Waals surface area contributed by atoms with E-state index in [0.717, 1.165) is 0 Å². The molecule has 1 atom stereocenters. The third-order valence-corrected chi connectivity index (χ3v) is 2.53. The van der Waals surface area contributed by atoms with Gasteiger partial charge in [0.1, 0.15) is 0 Å². The Bertz CT molecular complexity index is 392. The number of aromatic nitrogens is 1. The van der Waals surface area contributed by atoms with Crippen molar-refractivity contribution in [3.05, 3.63) is 30.1 Å². The van der Waals surface area contributed by atoms with Crippen molar-refractivity contribution >= 4 is 11.9 Å². The molecule has 1 unspecified atom stereocenters. The standard InChI is InChI=1S/C12H16N2O3/c1-3-14(9(2)8-11(15)16)12(17)10-4-6-13-7-5-10/h4-7,9H,3,8H2,1-2H3,(H,15,16). The second-order valence-electron chi connectivity index (χ2n) is 3.77. The Labute approximate surface area is 100 Å². The maximum absolute atomic E-state index is 12.1. The molecule has 0 aromatic carbocycles. The van der Waals surface area contributed by atoms with Gasteiger partial charge in [-0.2, -0.15) is 0 Å². The molecule has 0 spiro atoms. The van der Waals surface area contributed by atoms with E-state index < -0.39 is 5.97 Å². The Morgan fingerprint density at radius 2 is 2.00 bits per heavy atom. The normalized spacial score (nSPS) is 11.9. The smallest absolute Gasteiger partial charge is 0.305 e. The molecule has 0 radical (unpaired) electrons. The quantitative estimate of drug-likeness (QED) is 0.839.